The summed E-state index contributed by atoms with van der Waals surface area (Å²) in [4.78, 5) is 8.91. The first-order chi connectivity index (χ1) is 12.8. The fraction of sp³-hybridized carbons (Fsp3) is 0.0435. The van der Waals surface area contributed by atoms with E-state index in [-0.39, 0.29) is 0 Å². The van der Waals surface area contributed by atoms with Gasteiger partial charge in [-0.1, -0.05) is 60.7 Å². The van der Waals surface area contributed by atoms with Crippen molar-refractivity contribution in [3.8, 4) is 22.5 Å². The summed E-state index contributed by atoms with van der Waals surface area (Å²) < 4.78 is 6.06. The second-order valence-corrected chi connectivity index (χ2v) is 6.08. The van der Waals surface area contributed by atoms with E-state index < -0.39 is 0 Å². The number of hydrogen-bond acceptors (Lipinski definition) is 3. The Labute approximate surface area is 152 Å². The number of hydrogen-bond donors (Lipinski definition) is 0. The Morgan fingerprint density at radius 2 is 1.42 bits per heavy atom. The molecule has 0 radical (unpaired) electrons. The zero-order valence-corrected chi connectivity index (χ0v) is 14.5. The average molecular weight is 338 g/mol. The highest BCUT2D eigenvalue weighted by atomic mass is 16.3. The second-order valence-electron chi connectivity index (χ2n) is 6.08. The van der Waals surface area contributed by atoms with Gasteiger partial charge in [-0.05, 0) is 41.8 Å². The van der Waals surface area contributed by atoms with Crippen LogP contribution in [0.1, 0.15) is 5.56 Å². The summed E-state index contributed by atoms with van der Waals surface area (Å²) >= 11 is 0. The molecule has 126 valence electrons. The van der Waals surface area contributed by atoms with Crippen LogP contribution in [0.25, 0.3) is 22.5 Å². The van der Waals surface area contributed by atoms with Crippen LogP contribution in [0.3, 0.4) is 0 Å². The maximum absolute atomic E-state index is 6.06. The van der Waals surface area contributed by atoms with Gasteiger partial charge in [-0.2, -0.15) is 4.99 Å². The third-order valence-electron chi connectivity index (χ3n) is 4.07. The SMILES string of the molecule is Cc1ccnc(N=c2cc(-c3ccccc3)cc(-c3ccccc3)o2)c1. The van der Waals surface area contributed by atoms with Gasteiger partial charge in [-0.25, -0.2) is 4.98 Å². The zero-order valence-electron chi connectivity index (χ0n) is 14.5. The smallest absolute Gasteiger partial charge is 0.221 e. The van der Waals surface area contributed by atoms with Crippen molar-refractivity contribution in [2.75, 3.05) is 0 Å². The van der Waals surface area contributed by atoms with E-state index in [9.17, 15) is 0 Å². The summed E-state index contributed by atoms with van der Waals surface area (Å²) in [6, 6.07) is 28.2. The monoisotopic (exact) mass is 338 g/mol. The quantitative estimate of drug-likeness (QED) is 0.491. The van der Waals surface area contributed by atoms with Crippen molar-refractivity contribution in [1.29, 1.82) is 0 Å². The summed E-state index contributed by atoms with van der Waals surface area (Å²) in [6.07, 6.45) is 1.76. The Morgan fingerprint density at radius 1 is 0.731 bits per heavy atom. The molecule has 0 N–H and O–H groups in total. The van der Waals surface area contributed by atoms with Crippen molar-refractivity contribution in [3.63, 3.8) is 0 Å². The van der Waals surface area contributed by atoms with Gasteiger partial charge in [-0.3, -0.25) is 0 Å². The van der Waals surface area contributed by atoms with Crippen molar-refractivity contribution in [1.82, 2.24) is 4.98 Å². The fourth-order valence-electron chi connectivity index (χ4n) is 2.78. The summed E-state index contributed by atoms with van der Waals surface area (Å²) in [6.45, 7) is 2.02. The number of nitrogens with zero attached hydrogens (tertiary/aromatic N) is 2. The van der Waals surface area contributed by atoms with E-state index in [1.807, 2.05) is 79.7 Å². The molecule has 0 aliphatic heterocycles. The minimum Gasteiger partial charge on any atom is -0.438 e. The van der Waals surface area contributed by atoms with E-state index in [1.165, 1.54) is 0 Å². The molecule has 0 atom stereocenters. The van der Waals surface area contributed by atoms with Gasteiger partial charge in [0.25, 0.3) is 0 Å². The molecule has 0 amide bonds. The molecule has 2 aromatic carbocycles. The van der Waals surface area contributed by atoms with Crippen molar-refractivity contribution in [2.45, 2.75) is 6.92 Å². The van der Waals surface area contributed by atoms with Gasteiger partial charge < -0.3 is 4.42 Å². The molecule has 0 spiro atoms. The van der Waals surface area contributed by atoms with Gasteiger partial charge in [0.15, 0.2) is 5.82 Å². The first-order valence-electron chi connectivity index (χ1n) is 8.51. The average Bonchev–Trinajstić information content (AvgIpc) is 2.69. The van der Waals surface area contributed by atoms with Crippen LogP contribution in [0.2, 0.25) is 0 Å². The van der Waals surface area contributed by atoms with Crippen LogP contribution in [0.4, 0.5) is 5.82 Å². The molecule has 3 heteroatoms. The Bertz CT molecular complexity index is 1020. The van der Waals surface area contributed by atoms with E-state index in [0.29, 0.717) is 11.4 Å². The maximum atomic E-state index is 6.06. The number of aromatic nitrogens is 1. The third-order valence-corrected chi connectivity index (χ3v) is 4.07. The molecule has 0 aliphatic carbocycles. The van der Waals surface area contributed by atoms with Gasteiger partial charge in [0.1, 0.15) is 5.76 Å². The highest BCUT2D eigenvalue weighted by Gasteiger charge is 2.06. The first-order valence-corrected chi connectivity index (χ1v) is 8.51. The Hall–Kier alpha value is -3.46. The highest BCUT2D eigenvalue weighted by molar-refractivity contribution is 5.69. The summed E-state index contributed by atoms with van der Waals surface area (Å²) in [5, 5.41) is 0. The van der Waals surface area contributed by atoms with Gasteiger partial charge >= 0.3 is 0 Å². The normalized spacial score (nSPS) is 11.5. The van der Waals surface area contributed by atoms with Crippen molar-refractivity contribution < 1.29 is 4.42 Å². The highest BCUT2D eigenvalue weighted by Crippen LogP contribution is 2.24. The fourth-order valence-corrected chi connectivity index (χ4v) is 2.78. The molecule has 2 aromatic heterocycles. The van der Waals surface area contributed by atoms with Gasteiger partial charge in [0, 0.05) is 17.8 Å². The van der Waals surface area contributed by atoms with Crippen LogP contribution < -0.4 is 5.55 Å². The molecule has 4 aromatic rings. The first kappa shape index (κ1) is 16.0. The maximum Gasteiger partial charge on any atom is 0.221 e. The molecule has 0 fully saturated rings. The van der Waals surface area contributed by atoms with E-state index in [2.05, 4.69) is 22.1 Å². The molecule has 26 heavy (non-hydrogen) atoms. The van der Waals surface area contributed by atoms with Crippen LogP contribution in [0.15, 0.2) is 101 Å². The van der Waals surface area contributed by atoms with Gasteiger partial charge in [0.05, 0.1) is 0 Å². The predicted octanol–water partition coefficient (Wildman–Crippen LogP) is 5.55. The third kappa shape index (κ3) is 3.62. The molecule has 3 nitrogen and oxygen atoms in total. The Morgan fingerprint density at radius 3 is 2.12 bits per heavy atom. The molecular weight excluding hydrogens is 320 g/mol. The number of rotatable bonds is 3. The van der Waals surface area contributed by atoms with Gasteiger partial charge in [0.2, 0.25) is 5.55 Å². The summed E-state index contributed by atoms with van der Waals surface area (Å²) in [7, 11) is 0. The van der Waals surface area contributed by atoms with E-state index in [4.69, 9.17) is 4.42 Å². The Kier molecular flexibility index (Phi) is 4.44. The van der Waals surface area contributed by atoms with E-state index >= 15 is 0 Å². The molecule has 0 aliphatic rings. The summed E-state index contributed by atoms with van der Waals surface area (Å²) in [5.41, 5.74) is 4.83. The molecule has 4 rings (SSSR count). The predicted molar refractivity (Wildman–Crippen MR) is 104 cm³/mol. The molecule has 0 unspecified atom stereocenters. The number of aryl methyl sites for hydroxylation is 1. The van der Waals surface area contributed by atoms with E-state index in [0.717, 1.165) is 28.0 Å². The molecule has 0 saturated heterocycles. The summed E-state index contributed by atoms with van der Waals surface area (Å²) in [5.74, 6) is 1.41. The van der Waals surface area contributed by atoms with Crippen molar-refractivity contribution >= 4 is 5.82 Å². The lowest BCUT2D eigenvalue weighted by Crippen LogP contribution is -2.02. The number of benzene rings is 2. The minimum atomic E-state index is 0.531. The zero-order chi connectivity index (χ0) is 17.8. The lowest BCUT2D eigenvalue weighted by atomic mass is 10.0. The molecule has 0 saturated carbocycles. The van der Waals surface area contributed by atoms with Crippen LogP contribution in [0.5, 0.6) is 0 Å². The van der Waals surface area contributed by atoms with Crippen LogP contribution in [0, 0.1) is 6.92 Å². The largest absolute Gasteiger partial charge is 0.438 e. The molecular formula is C23H18N2O. The van der Waals surface area contributed by atoms with Crippen LogP contribution >= 0.6 is 0 Å². The topological polar surface area (TPSA) is 38.4 Å². The van der Waals surface area contributed by atoms with Crippen LogP contribution in [-0.2, 0) is 0 Å². The lowest BCUT2D eigenvalue weighted by molar-refractivity contribution is 0.511. The second kappa shape index (κ2) is 7.19. The van der Waals surface area contributed by atoms with E-state index in [1.54, 1.807) is 6.20 Å². The van der Waals surface area contributed by atoms with Crippen molar-refractivity contribution in [3.05, 3.63) is 102 Å². The van der Waals surface area contributed by atoms with Crippen LogP contribution in [-0.4, -0.2) is 4.98 Å². The molecule has 2 heterocycles. The standard InChI is InChI=1S/C23H18N2O/c1-17-12-13-24-22(14-17)25-23-16-20(18-8-4-2-5-9-18)15-21(26-23)19-10-6-3-7-11-19/h2-16H,1H3. The lowest BCUT2D eigenvalue weighted by Gasteiger charge is -2.06. The minimum absolute atomic E-state index is 0.531. The molecule has 0 bridgehead atoms. The van der Waals surface area contributed by atoms with Gasteiger partial charge in [-0.15, -0.1) is 0 Å². The van der Waals surface area contributed by atoms with Crippen molar-refractivity contribution in [2.24, 2.45) is 4.99 Å². The number of pyridine rings is 1. The Balaban J connectivity index is 1.91.